The van der Waals surface area contributed by atoms with E-state index in [0.29, 0.717) is 13.1 Å². The van der Waals surface area contributed by atoms with E-state index in [1.165, 1.54) is 22.3 Å². The van der Waals surface area contributed by atoms with E-state index in [-0.39, 0.29) is 18.0 Å². The number of carbonyl (C=O) groups excluding carboxylic acids is 1. The molecule has 0 saturated heterocycles. The quantitative estimate of drug-likeness (QED) is 0.597. The number of hydrogen-bond donors (Lipinski definition) is 0. The Labute approximate surface area is 196 Å². The maximum Gasteiger partial charge on any atom is 0.237 e. The summed E-state index contributed by atoms with van der Waals surface area (Å²) in [5.74, 6) is 1.05. The highest BCUT2D eigenvalue weighted by Gasteiger charge is 2.29. The van der Waals surface area contributed by atoms with Crippen LogP contribution in [-0.2, 0) is 17.6 Å². The number of rotatable bonds is 7. The number of nitrogens with zero attached hydrogens (tertiary/aromatic N) is 3. The van der Waals surface area contributed by atoms with Gasteiger partial charge in [0.05, 0.1) is 13.1 Å². The van der Waals surface area contributed by atoms with Crippen LogP contribution in [-0.4, -0.2) is 52.8 Å². The van der Waals surface area contributed by atoms with Crippen molar-refractivity contribution in [3.8, 4) is 0 Å². The topological polar surface area (TPSA) is 35.9 Å². The Morgan fingerprint density at radius 1 is 1.22 bits per heavy atom. The Hall–Kier alpha value is -2.37. The fraction of sp³-hybridized carbons (Fsp3) is 0.407. The third kappa shape index (κ3) is 5.33. The van der Waals surface area contributed by atoms with Crippen LogP contribution >= 0.6 is 11.8 Å². The Kier molecular flexibility index (Phi) is 7.48. The summed E-state index contributed by atoms with van der Waals surface area (Å²) in [7, 11) is 0. The maximum absolute atomic E-state index is 13.7. The van der Waals surface area contributed by atoms with Crippen molar-refractivity contribution in [3.05, 3.63) is 82.4 Å². The smallest absolute Gasteiger partial charge is 0.237 e. The van der Waals surface area contributed by atoms with Gasteiger partial charge in [0.1, 0.15) is 0 Å². The number of carbonyl (C=O) groups is 1. The molecule has 2 aromatic rings. The molecule has 2 atom stereocenters. The van der Waals surface area contributed by atoms with Crippen LogP contribution in [0.2, 0.25) is 0 Å². The van der Waals surface area contributed by atoms with E-state index in [1.807, 2.05) is 11.6 Å². The van der Waals surface area contributed by atoms with Crippen molar-refractivity contribution in [2.24, 2.45) is 4.99 Å². The second-order valence-corrected chi connectivity index (χ2v) is 9.78. The average Bonchev–Trinajstić information content (AvgIpc) is 2.81. The Morgan fingerprint density at radius 3 is 2.78 bits per heavy atom. The second kappa shape index (κ2) is 10.5. The predicted octanol–water partition coefficient (Wildman–Crippen LogP) is 5.03. The lowest BCUT2D eigenvalue weighted by atomic mass is 9.93. The molecule has 0 aliphatic carbocycles. The summed E-state index contributed by atoms with van der Waals surface area (Å²) in [5.41, 5.74) is 6.41. The molecule has 0 N–H and O–H groups in total. The minimum atomic E-state index is 0.106. The van der Waals surface area contributed by atoms with Gasteiger partial charge in [-0.25, -0.2) is 0 Å². The van der Waals surface area contributed by atoms with E-state index in [1.54, 1.807) is 11.8 Å². The molecule has 4 nitrogen and oxygen atoms in total. The lowest BCUT2D eigenvalue weighted by molar-refractivity contribution is -0.134. The summed E-state index contributed by atoms with van der Waals surface area (Å²) in [5, 5.41) is 2.01. The molecule has 0 bridgehead atoms. The third-order valence-corrected chi connectivity index (χ3v) is 7.52. The highest BCUT2D eigenvalue weighted by molar-refractivity contribution is 8.02. The van der Waals surface area contributed by atoms with Crippen LogP contribution in [0.3, 0.4) is 0 Å². The van der Waals surface area contributed by atoms with Gasteiger partial charge < -0.3 is 4.90 Å². The molecule has 168 valence electrons. The van der Waals surface area contributed by atoms with Gasteiger partial charge >= 0.3 is 0 Å². The van der Waals surface area contributed by atoms with Crippen LogP contribution in [0.5, 0.6) is 0 Å². The predicted molar refractivity (Wildman–Crippen MR) is 135 cm³/mol. The number of hydrogen-bond acceptors (Lipinski definition) is 4. The van der Waals surface area contributed by atoms with Crippen molar-refractivity contribution in [2.45, 2.75) is 45.7 Å². The first-order valence-electron chi connectivity index (χ1n) is 11.5. The molecular formula is C27H33N3OS. The van der Waals surface area contributed by atoms with Crippen molar-refractivity contribution < 1.29 is 4.79 Å². The van der Waals surface area contributed by atoms with Crippen molar-refractivity contribution in [2.75, 3.05) is 25.4 Å². The van der Waals surface area contributed by atoms with Gasteiger partial charge in [-0.15, -0.1) is 11.8 Å². The van der Waals surface area contributed by atoms with Gasteiger partial charge in [0.2, 0.25) is 5.91 Å². The van der Waals surface area contributed by atoms with Crippen LogP contribution in [0, 0.1) is 6.92 Å². The molecule has 1 amide bonds. The molecule has 4 rings (SSSR count). The van der Waals surface area contributed by atoms with Crippen molar-refractivity contribution in [1.29, 1.82) is 0 Å². The molecule has 0 radical (unpaired) electrons. The number of thioether (sulfide) groups is 1. The Balaban J connectivity index is 1.51. The molecule has 2 heterocycles. The lowest BCUT2D eigenvalue weighted by Gasteiger charge is -2.37. The largest absolute Gasteiger partial charge is 0.333 e. The first kappa shape index (κ1) is 22.8. The van der Waals surface area contributed by atoms with Crippen LogP contribution in [0.4, 0.5) is 0 Å². The molecule has 2 aromatic carbocycles. The fourth-order valence-corrected chi connectivity index (χ4v) is 5.31. The number of aryl methyl sites for hydroxylation is 1. The molecule has 0 aromatic heterocycles. The first-order valence-corrected chi connectivity index (χ1v) is 12.6. The van der Waals surface area contributed by atoms with Crippen LogP contribution in [0.1, 0.15) is 42.1 Å². The molecule has 2 unspecified atom stereocenters. The summed E-state index contributed by atoms with van der Waals surface area (Å²) < 4.78 is 0. The van der Waals surface area contributed by atoms with Crippen LogP contribution in [0.15, 0.2) is 65.1 Å². The second-order valence-electron chi connectivity index (χ2n) is 8.89. The average molecular weight is 448 g/mol. The standard InChI is InChI=1S/C27H33N3OS/c1-20-8-4-5-10-24(20)16-21(2)30(17-25-19-32-15-13-28-25)27(31)18-29-14-12-23-9-6-7-11-26(23)22(29)3/h4-11,13,15,21-22H,12,14,16-19H2,1-3H3. The van der Waals surface area contributed by atoms with Crippen LogP contribution in [0.25, 0.3) is 0 Å². The van der Waals surface area contributed by atoms with Gasteiger partial charge in [-0.05, 0) is 61.3 Å². The normalized spacial score (nSPS) is 19.2. The summed E-state index contributed by atoms with van der Waals surface area (Å²) in [4.78, 5) is 22.6. The van der Waals surface area contributed by atoms with E-state index in [0.717, 1.165) is 30.9 Å². The zero-order chi connectivity index (χ0) is 22.5. The Morgan fingerprint density at radius 2 is 2.00 bits per heavy atom. The van der Waals surface area contributed by atoms with Gasteiger partial charge in [0, 0.05) is 36.3 Å². The van der Waals surface area contributed by atoms with Gasteiger partial charge in [-0.2, -0.15) is 0 Å². The van der Waals surface area contributed by atoms with Crippen molar-refractivity contribution >= 4 is 23.4 Å². The van der Waals surface area contributed by atoms with Crippen molar-refractivity contribution in [1.82, 2.24) is 9.80 Å². The minimum absolute atomic E-state index is 0.106. The van der Waals surface area contributed by atoms with E-state index in [4.69, 9.17) is 0 Å². The summed E-state index contributed by atoms with van der Waals surface area (Å²) in [6, 6.07) is 17.5. The van der Waals surface area contributed by atoms with Gasteiger partial charge in [0.25, 0.3) is 0 Å². The number of aliphatic imine (C=N–C) groups is 1. The van der Waals surface area contributed by atoms with Gasteiger partial charge in [-0.3, -0.25) is 14.7 Å². The Bertz CT molecular complexity index is 1020. The molecule has 0 fully saturated rings. The lowest BCUT2D eigenvalue weighted by Crippen LogP contribution is -2.49. The molecule has 5 heteroatoms. The van der Waals surface area contributed by atoms with Crippen molar-refractivity contribution in [3.63, 3.8) is 0 Å². The van der Waals surface area contributed by atoms with Gasteiger partial charge in [0.15, 0.2) is 0 Å². The molecular weight excluding hydrogens is 414 g/mol. The van der Waals surface area contributed by atoms with E-state index >= 15 is 0 Å². The first-order chi connectivity index (χ1) is 15.5. The zero-order valence-electron chi connectivity index (χ0n) is 19.3. The number of amides is 1. The fourth-order valence-electron chi connectivity index (χ4n) is 4.71. The highest BCUT2D eigenvalue weighted by atomic mass is 32.2. The summed E-state index contributed by atoms with van der Waals surface area (Å²) in [6.07, 6.45) is 3.70. The third-order valence-electron chi connectivity index (χ3n) is 6.71. The van der Waals surface area contributed by atoms with E-state index < -0.39 is 0 Å². The minimum Gasteiger partial charge on any atom is -0.333 e. The molecule has 0 saturated carbocycles. The summed E-state index contributed by atoms with van der Waals surface area (Å²) >= 11 is 1.74. The van der Waals surface area contributed by atoms with Gasteiger partial charge in [-0.1, -0.05) is 48.5 Å². The molecule has 2 aliphatic heterocycles. The number of fused-ring (bicyclic) bond motifs is 1. The van der Waals surface area contributed by atoms with E-state index in [2.05, 4.69) is 84.1 Å². The molecule has 2 aliphatic rings. The monoisotopic (exact) mass is 447 g/mol. The summed E-state index contributed by atoms with van der Waals surface area (Å²) in [6.45, 7) is 8.51. The molecule has 32 heavy (non-hydrogen) atoms. The SMILES string of the molecule is Cc1ccccc1CC(C)N(CC1=NC=CSC1)C(=O)CN1CCc2ccccc2C1C. The zero-order valence-corrected chi connectivity index (χ0v) is 20.1. The van der Waals surface area contributed by atoms with Crippen LogP contribution < -0.4 is 0 Å². The van der Waals surface area contributed by atoms with E-state index in [9.17, 15) is 4.79 Å². The number of benzene rings is 2. The molecule has 0 spiro atoms. The highest BCUT2D eigenvalue weighted by Crippen LogP contribution is 2.29. The maximum atomic E-state index is 13.7.